The second-order valence-corrected chi connectivity index (χ2v) is 8.45. The van der Waals surface area contributed by atoms with Crippen LogP contribution in [0.5, 0.6) is 0 Å². The normalized spacial score (nSPS) is 18.5. The van der Waals surface area contributed by atoms with Gasteiger partial charge in [0.1, 0.15) is 17.8 Å². The number of anilines is 1. The van der Waals surface area contributed by atoms with E-state index in [1.807, 2.05) is 17.0 Å². The van der Waals surface area contributed by atoms with E-state index in [1.165, 1.54) is 17.5 Å². The van der Waals surface area contributed by atoms with Crippen LogP contribution in [-0.2, 0) is 17.8 Å². The number of carbonyl (C=O) groups excluding carboxylic acids is 2. The smallest absolute Gasteiger partial charge is 0.270 e. The molecule has 0 spiro atoms. The van der Waals surface area contributed by atoms with Crippen LogP contribution >= 0.6 is 24.8 Å². The van der Waals surface area contributed by atoms with Crippen molar-refractivity contribution in [1.29, 1.82) is 0 Å². The average molecular weight is 511 g/mol. The molecule has 186 valence electrons. The lowest BCUT2D eigenvalue weighted by molar-refractivity contribution is -0.129. The predicted molar refractivity (Wildman–Crippen MR) is 135 cm³/mol. The fourth-order valence-electron chi connectivity index (χ4n) is 4.29. The van der Waals surface area contributed by atoms with Crippen molar-refractivity contribution in [3.8, 4) is 0 Å². The van der Waals surface area contributed by atoms with Crippen molar-refractivity contribution >= 4 is 42.4 Å². The van der Waals surface area contributed by atoms with E-state index < -0.39 is 6.10 Å². The van der Waals surface area contributed by atoms with Crippen LogP contribution in [0.25, 0.3) is 0 Å². The molecule has 0 unspecified atom stereocenters. The van der Waals surface area contributed by atoms with Gasteiger partial charge in [0, 0.05) is 51.3 Å². The number of piperidine rings is 1. The van der Waals surface area contributed by atoms with E-state index in [9.17, 15) is 14.7 Å². The zero-order chi connectivity index (χ0) is 22.5. The largest absolute Gasteiger partial charge is 0.390 e. The standard InChI is InChI=1S/C23H30N6O3.2ClH/c1-15(30)29-8-6-18(7-9-29)28-22-11-20(26-14-27-22)23(32)25-13-21(31)19-10-16-4-2-3-5-17(16)12-24-19;;/h2-5,11,14,18-19,21,24,31H,6-10,12-13H2,1H3,(H,25,32)(H,26,27,28);2*1H/t19-,21+;;/m0../s1. The topological polar surface area (TPSA) is 119 Å². The van der Waals surface area contributed by atoms with Crippen molar-refractivity contribution in [2.45, 2.75) is 50.9 Å². The molecule has 2 aliphatic rings. The number of benzene rings is 1. The fraction of sp³-hybridized carbons (Fsp3) is 0.478. The Kier molecular flexibility index (Phi) is 10.5. The summed E-state index contributed by atoms with van der Waals surface area (Å²) >= 11 is 0. The van der Waals surface area contributed by atoms with Crippen LogP contribution in [0, 0.1) is 0 Å². The quantitative estimate of drug-likeness (QED) is 0.465. The van der Waals surface area contributed by atoms with Crippen LogP contribution in [0.2, 0.25) is 0 Å². The second-order valence-electron chi connectivity index (χ2n) is 8.45. The molecule has 0 bridgehead atoms. The van der Waals surface area contributed by atoms with E-state index in [0.29, 0.717) is 25.5 Å². The number of carbonyl (C=O) groups is 2. The molecule has 4 N–H and O–H groups in total. The van der Waals surface area contributed by atoms with Crippen LogP contribution in [0.3, 0.4) is 0 Å². The molecule has 9 nitrogen and oxygen atoms in total. The summed E-state index contributed by atoms with van der Waals surface area (Å²) in [7, 11) is 0. The Balaban J connectivity index is 0.00000204. The number of nitrogens with one attached hydrogen (secondary N) is 3. The number of hydrogen-bond donors (Lipinski definition) is 4. The lowest BCUT2D eigenvalue weighted by Gasteiger charge is -2.32. The minimum atomic E-state index is -0.710. The van der Waals surface area contributed by atoms with E-state index in [1.54, 1.807) is 13.0 Å². The van der Waals surface area contributed by atoms with Crippen LogP contribution in [-0.4, -0.2) is 69.6 Å². The number of likely N-dealkylation sites (tertiary alicyclic amines) is 1. The molecule has 2 atom stereocenters. The van der Waals surface area contributed by atoms with Gasteiger partial charge in [0.15, 0.2) is 0 Å². The number of aromatic nitrogens is 2. The zero-order valence-electron chi connectivity index (χ0n) is 19.1. The number of amides is 2. The number of aliphatic hydroxyl groups excluding tert-OH is 1. The first-order valence-electron chi connectivity index (χ1n) is 11.1. The van der Waals surface area contributed by atoms with Gasteiger partial charge in [-0.25, -0.2) is 9.97 Å². The Morgan fingerprint density at radius 1 is 1.18 bits per heavy atom. The van der Waals surface area contributed by atoms with E-state index in [4.69, 9.17) is 0 Å². The second kappa shape index (κ2) is 12.9. The first-order valence-corrected chi connectivity index (χ1v) is 11.1. The lowest BCUT2D eigenvalue weighted by atomic mass is 9.93. The number of halogens is 2. The van der Waals surface area contributed by atoms with Gasteiger partial charge >= 0.3 is 0 Å². The average Bonchev–Trinajstić information content (AvgIpc) is 2.82. The molecule has 0 radical (unpaired) electrons. The molecule has 0 saturated carbocycles. The predicted octanol–water partition coefficient (Wildman–Crippen LogP) is 1.55. The Morgan fingerprint density at radius 2 is 1.88 bits per heavy atom. The van der Waals surface area contributed by atoms with Gasteiger partial charge in [0.25, 0.3) is 5.91 Å². The molecule has 11 heteroatoms. The van der Waals surface area contributed by atoms with Crippen molar-refractivity contribution in [3.05, 3.63) is 53.5 Å². The third-order valence-corrected chi connectivity index (χ3v) is 6.24. The maximum absolute atomic E-state index is 12.6. The van der Waals surface area contributed by atoms with Gasteiger partial charge in [0.05, 0.1) is 6.10 Å². The third kappa shape index (κ3) is 7.02. The Morgan fingerprint density at radius 3 is 2.59 bits per heavy atom. The van der Waals surface area contributed by atoms with Gasteiger partial charge in [-0.3, -0.25) is 9.59 Å². The van der Waals surface area contributed by atoms with Crippen LogP contribution in [0.1, 0.15) is 41.4 Å². The first kappa shape index (κ1) is 27.8. The highest BCUT2D eigenvalue weighted by molar-refractivity contribution is 5.92. The molecule has 1 saturated heterocycles. The van der Waals surface area contributed by atoms with Crippen LogP contribution in [0.4, 0.5) is 5.82 Å². The minimum absolute atomic E-state index is 0. The van der Waals surface area contributed by atoms with Crippen molar-refractivity contribution in [2.75, 3.05) is 25.0 Å². The summed E-state index contributed by atoms with van der Waals surface area (Å²) < 4.78 is 0. The highest BCUT2D eigenvalue weighted by Gasteiger charge is 2.25. The summed E-state index contributed by atoms with van der Waals surface area (Å²) in [6.07, 6.45) is 3.02. The lowest BCUT2D eigenvalue weighted by Crippen LogP contribution is -2.49. The molecular weight excluding hydrogens is 479 g/mol. The summed E-state index contributed by atoms with van der Waals surface area (Å²) in [5, 5.41) is 20.0. The molecule has 2 aromatic rings. The molecular formula is C23H32Cl2N6O3. The maximum Gasteiger partial charge on any atom is 0.270 e. The summed E-state index contributed by atoms with van der Waals surface area (Å²) in [6.45, 7) is 3.85. The van der Waals surface area contributed by atoms with Crippen molar-refractivity contribution < 1.29 is 14.7 Å². The van der Waals surface area contributed by atoms with Gasteiger partial charge in [0.2, 0.25) is 5.91 Å². The zero-order valence-corrected chi connectivity index (χ0v) is 20.7. The molecule has 4 rings (SSSR count). The highest BCUT2D eigenvalue weighted by Crippen LogP contribution is 2.18. The molecule has 34 heavy (non-hydrogen) atoms. The highest BCUT2D eigenvalue weighted by atomic mass is 35.5. The number of hydrogen-bond acceptors (Lipinski definition) is 7. The van der Waals surface area contributed by atoms with Crippen molar-refractivity contribution in [3.63, 3.8) is 0 Å². The van der Waals surface area contributed by atoms with E-state index in [-0.39, 0.29) is 61.0 Å². The molecule has 2 aliphatic heterocycles. The third-order valence-electron chi connectivity index (χ3n) is 6.24. The monoisotopic (exact) mass is 510 g/mol. The van der Waals surface area contributed by atoms with Gasteiger partial charge in [-0.05, 0) is 30.4 Å². The van der Waals surface area contributed by atoms with Gasteiger partial charge in [-0.15, -0.1) is 24.8 Å². The summed E-state index contributed by atoms with van der Waals surface area (Å²) in [6, 6.07) is 9.87. The summed E-state index contributed by atoms with van der Waals surface area (Å²) in [5.41, 5.74) is 2.72. The SMILES string of the molecule is CC(=O)N1CCC(Nc2cc(C(=O)NC[C@@H](O)[C@@H]3Cc4ccccc4CN3)ncn2)CC1.Cl.Cl. The fourth-order valence-corrected chi connectivity index (χ4v) is 4.29. The molecule has 3 heterocycles. The summed E-state index contributed by atoms with van der Waals surface area (Å²) in [5.74, 6) is 0.328. The van der Waals surface area contributed by atoms with Gasteiger partial charge < -0.3 is 26.0 Å². The van der Waals surface area contributed by atoms with Crippen molar-refractivity contribution in [1.82, 2.24) is 25.5 Å². The molecule has 2 amide bonds. The Bertz CT molecular complexity index is 971. The molecule has 1 fully saturated rings. The molecule has 1 aromatic heterocycles. The Labute approximate surface area is 211 Å². The van der Waals surface area contributed by atoms with Crippen LogP contribution in [0.15, 0.2) is 36.7 Å². The van der Waals surface area contributed by atoms with Gasteiger partial charge in [-0.2, -0.15) is 0 Å². The number of fused-ring (bicyclic) bond motifs is 1. The van der Waals surface area contributed by atoms with E-state index in [2.05, 4.69) is 38.1 Å². The van der Waals surface area contributed by atoms with E-state index >= 15 is 0 Å². The Hall–Kier alpha value is -2.46. The van der Waals surface area contributed by atoms with Crippen LogP contribution < -0.4 is 16.0 Å². The number of nitrogens with zero attached hydrogens (tertiary/aromatic N) is 3. The molecule has 1 aromatic carbocycles. The van der Waals surface area contributed by atoms with E-state index in [0.717, 1.165) is 19.3 Å². The maximum atomic E-state index is 12.6. The molecule has 0 aliphatic carbocycles. The number of aliphatic hydroxyl groups is 1. The summed E-state index contributed by atoms with van der Waals surface area (Å²) in [4.78, 5) is 34.2. The first-order chi connectivity index (χ1) is 15.5. The number of rotatable bonds is 6. The van der Waals surface area contributed by atoms with Crippen molar-refractivity contribution in [2.24, 2.45) is 0 Å². The minimum Gasteiger partial charge on any atom is -0.390 e. The van der Waals surface area contributed by atoms with Gasteiger partial charge in [-0.1, -0.05) is 24.3 Å².